The molecule has 1 aromatic rings. The van der Waals surface area contributed by atoms with E-state index in [2.05, 4.69) is 17.1 Å². The highest BCUT2D eigenvalue weighted by Gasteiger charge is 2.62. The number of para-hydroxylation sites is 1. The lowest BCUT2D eigenvalue weighted by Gasteiger charge is -2.35. The average Bonchev–Trinajstić information content (AvgIpc) is 3.13. The summed E-state index contributed by atoms with van der Waals surface area (Å²) in [5.74, 6) is -0.319. The number of Topliss-reactive ketones (excluding diaryl/α,β-unsaturated/α-hetero) is 2. The van der Waals surface area contributed by atoms with Crippen molar-refractivity contribution in [2.45, 2.75) is 31.4 Å². The number of benzene rings is 1. The smallest absolute Gasteiger partial charge is 0.218 e. The van der Waals surface area contributed by atoms with Crippen LogP contribution in [0.3, 0.4) is 0 Å². The normalized spacial score (nSPS) is 39.9. The Morgan fingerprint density at radius 3 is 2.96 bits per heavy atom. The van der Waals surface area contributed by atoms with Gasteiger partial charge in [-0.05, 0) is 18.6 Å². The van der Waals surface area contributed by atoms with E-state index in [1.54, 1.807) is 6.92 Å². The standard InChI is InChI=1S/C18H17NO4/c1-9(20)16-15-13-8-22-18(23-13)17(21)14(15)12-7-6-10-4-2-3-5-11(10)19(12)16/h2-7,12-16,18H,8H2,1H3/t12-,13?,14-,15+,16-,18?/m1/s1. The molecule has 0 radical (unpaired) electrons. The Hall–Kier alpha value is -1.98. The predicted molar refractivity (Wildman–Crippen MR) is 82.8 cm³/mol. The van der Waals surface area contributed by atoms with Gasteiger partial charge in [0.1, 0.15) is 0 Å². The number of hydrogen-bond donors (Lipinski definition) is 0. The molecule has 5 heteroatoms. The lowest BCUT2D eigenvalue weighted by molar-refractivity contribution is -0.164. The zero-order chi connectivity index (χ0) is 15.7. The van der Waals surface area contributed by atoms with E-state index >= 15 is 0 Å². The third-order valence-corrected chi connectivity index (χ3v) is 5.57. The summed E-state index contributed by atoms with van der Waals surface area (Å²) in [6.07, 6.45) is 3.19. The molecule has 2 bridgehead atoms. The average molecular weight is 311 g/mol. The number of nitrogens with zero attached hydrogens (tertiary/aromatic N) is 1. The van der Waals surface area contributed by atoms with Crippen molar-refractivity contribution in [1.82, 2.24) is 0 Å². The molecule has 1 aromatic carbocycles. The van der Waals surface area contributed by atoms with Crippen LogP contribution in [0.15, 0.2) is 30.3 Å². The molecule has 0 N–H and O–H groups in total. The molecule has 4 aliphatic heterocycles. The minimum Gasteiger partial charge on any atom is -0.353 e. The largest absolute Gasteiger partial charge is 0.353 e. The summed E-state index contributed by atoms with van der Waals surface area (Å²) < 4.78 is 11.2. The maximum atomic E-state index is 12.8. The van der Waals surface area contributed by atoms with Gasteiger partial charge in [-0.15, -0.1) is 0 Å². The lowest BCUT2D eigenvalue weighted by Crippen LogP contribution is -2.48. The maximum absolute atomic E-state index is 12.8. The van der Waals surface area contributed by atoms with Gasteiger partial charge in [0.2, 0.25) is 6.29 Å². The molecule has 3 fully saturated rings. The highest BCUT2D eigenvalue weighted by atomic mass is 16.7. The number of hydrogen-bond acceptors (Lipinski definition) is 5. The topological polar surface area (TPSA) is 55.8 Å². The van der Waals surface area contributed by atoms with Crippen molar-refractivity contribution in [3.63, 3.8) is 0 Å². The Kier molecular flexibility index (Phi) is 2.65. The Morgan fingerprint density at radius 1 is 1.30 bits per heavy atom. The summed E-state index contributed by atoms with van der Waals surface area (Å²) in [6.45, 7) is 2.00. The van der Waals surface area contributed by atoms with Gasteiger partial charge in [-0.1, -0.05) is 30.4 Å². The van der Waals surface area contributed by atoms with Gasteiger partial charge in [-0.2, -0.15) is 0 Å². The van der Waals surface area contributed by atoms with Crippen LogP contribution in [0.2, 0.25) is 0 Å². The zero-order valence-electron chi connectivity index (χ0n) is 12.7. The van der Waals surface area contributed by atoms with Crippen LogP contribution in [0.5, 0.6) is 0 Å². The molecule has 4 aliphatic rings. The van der Waals surface area contributed by atoms with E-state index in [0.29, 0.717) is 6.61 Å². The van der Waals surface area contributed by atoms with E-state index in [4.69, 9.17) is 9.47 Å². The molecule has 6 atom stereocenters. The van der Waals surface area contributed by atoms with Crippen molar-refractivity contribution in [2.24, 2.45) is 11.8 Å². The van der Waals surface area contributed by atoms with Crippen LogP contribution < -0.4 is 4.90 Å². The van der Waals surface area contributed by atoms with Gasteiger partial charge >= 0.3 is 0 Å². The fourth-order valence-electron chi connectivity index (χ4n) is 4.74. The SMILES string of the molecule is CC(=O)[C@@H]1[C@H]2C3COC(O3)C(=O)[C@@H]2[C@H]2C=Cc3ccccc3N21. The third-order valence-electron chi connectivity index (χ3n) is 5.57. The maximum Gasteiger partial charge on any atom is 0.218 e. The molecular weight excluding hydrogens is 294 g/mol. The highest BCUT2D eigenvalue weighted by Crippen LogP contribution is 2.50. The van der Waals surface area contributed by atoms with Crippen LogP contribution in [-0.2, 0) is 19.1 Å². The number of carbonyl (C=O) groups excluding carboxylic acids is 2. The van der Waals surface area contributed by atoms with Gasteiger partial charge in [0.05, 0.1) is 30.7 Å². The molecular formula is C18H17NO4. The number of ether oxygens (including phenoxy) is 2. The molecule has 23 heavy (non-hydrogen) atoms. The van der Waals surface area contributed by atoms with Crippen molar-refractivity contribution < 1.29 is 19.1 Å². The quantitative estimate of drug-likeness (QED) is 0.785. The van der Waals surface area contributed by atoms with Gasteiger partial charge in [0.25, 0.3) is 0 Å². The van der Waals surface area contributed by atoms with Crippen LogP contribution in [0.4, 0.5) is 5.69 Å². The van der Waals surface area contributed by atoms with Crippen molar-refractivity contribution in [2.75, 3.05) is 11.5 Å². The number of ketones is 2. The molecule has 4 heterocycles. The highest BCUT2D eigenvalue weighted by molar-refractivity contribution is 5.95. The van der Waals surface area contributed by atoms with Gasteiger partial charge in [-0.3, -0.25) is 9.59 Å². The molecule has 0 amide bonds. The summed E-state index contributed by atoms with van der Waals surface area (Å²) in [6, 6.07) is 7.59. The second-order valence-corrected chi connectivity index (χ2v) is 6.72. The molecule has 0 aliphatic carbocycles. The van der Waals surface area contributed by atoms with Gasteiger partial charge in [0.15, 0.2) is 11.6 Å². The summed E-state index contributed by atoms with van der Waals surface area (Å²) in [4.78, 5) is 27.4. The van der Waals surface area contributed by atoms with Gasteiger partial charge < -0.3 is 14.4 Å². The molecule has 118 valence electrons. The summed E-state index contributed by atoms with van der Waals surface area (Å²) in [5.41, 5.74) is 2.11. The van der Waals surface area contributed by atoms with Crippen LogP contribution >= 0.6 is 0 Å². The van der Waals surface area contributed by atoms with Crippen LogP contribution in [0.25, 0.3) is 6.08 Å². The fraction of sp³-hybridized carbons (Fsp3) is 0.444. The molecule has 0 spiro atoms. The zero-order valence-corrected chi connectivity index (χ0v) is 12.7. The minimum atomic E-state index is -0.751. The number of carbonyl (C=O) groups is 2. The Labute approximate surface area is 133 Å². The monoisotopic (exact) mass is 311 g/mol. The first kappa shape index (κ1) is 13.5. The summed E-state index contributed by atoms with van der Waals surface area (Å²) in [7, 11) is 0. The van der Waals surface area contributed by atoms with E-state index in [-0.39, 0.29) is 41.6 Å². The molecule has 0 saturated carbocycles. The van der Waals surface area contributed by atoms with Crippen molar-refractivity contribution >= 4 is 23.3 Å². The molecule has 5 rings (SSSR count). The second kappa shape index (κ2) is 4.52. The van der Waals surface area contributed by atoms with Crippen LogP contribution in [-0.4, -0.2) is 42.7 Å². The predicted octanol–water partition coefficient (Wildman–Crippen LogP) is 1.42. The number of rotatable bonds is 1. The van der Waals surface area contributed by atoms with Crippen LogP contribution in [0.1, 0.15) is 12.5 Å². The van der Waals surface area contributed by atoms with Gasteiger partial charge in [-0.25, -0.2) is 0 Å². The van der Waals surface area contributed by atoms with E-state index < -0.39 is 6.29 Å². The summed E-state index contributed by atoms with van der Waals surface area (Å²) in [5, 5.41) is 0. The minimum absolute atomic E-state index is 0.0217. The van der Waals surface area contributed by atoms with Crippen LogP contribution in [0, 0.1) is 11.8 Å². The summed E-state index contributed by atoms with van der Waals surface area (Å²) >= 11 is 0. The first-order chi connectivity index (χ1) is 11.2. The lowest BCUT2D eigenvalue weighted by atomic mass is 9.78. The number of anilines is 1. The van der Waals surface area contributed by atoms with E-state index in [9.17, 15) is 9.59 Å². The Bertz CT molecular complexity index is 742. The van der Waals surface area contributed by atoms with E-state index in [0.717, 1.165) is 11.3 Å². The Morgan fingerprint density at radius 2 is 2.13 bits per heavy atom. The second-order valence-electron chi connectivity index (χ2n) is 6.72. The first-order valence-electron chi connectivity index (χ1n) is 8.03. The molecule has 5 nitrogen and oxygen atoms in total. The molecule has 0 aromatic heterocycles. The van der Waals surface area contributed by atoms with Crippen molar-refractivity contribution in [3.05, 3.63) is 35.9 Å². The third kappa shape index (κ3) is 1.64. The number of fused-ring (bicyclic) bond motifs is 8. The molecule has 3 saturated heterocycles. The molecule has 2 unspecified atom stereocenters. The fourth-order valence-corrected chi connectivity index (χ4v) is 4.74. The van der Waals surface area contributed by atoms with Crippen molar-refractivity contribution in [1.29, 1.82) is 0 Å². The Balaban J connectivity index is 1.69. The van der Waals surface area contributed by atoms with Crippen molar-refractivity contribution in [3.8, 4) is 0 Å². The first-order valence-corrected chi connectivity index (χ1v) is 8.03. The van der Waals surface area contributed by atoms with Gasteiger partial charge in [0, 0.05) is 11.6 Å². The van der Waals surface area contributed by atoms with E-state index in [1.165, 1.54) is 0 Å². The van der Waals surface area contributed by atoms with E-state index in [1.807, 2.05) is 24.3 Å².